The lowest BCUT2D eigenvalue weighted by atomic mass is 10.1. The monoisotopic (exact) mass is 339 g/mol. The van der Waals surface area contributed by atoms with E-state index in [2.05, 4.69) is 5.32 Å². The fourth-order valence-electron chi connectivity index (χ4n) is 2.35. The van der Waals surface area contributed by atoms with Gasteiger partial charge >= 0.3 is 0 Å². The van der Waals surface area contributed by atoms with E-state index < -0.39 is 0 Å². The summed E-state index contributed by atoms with van der Waals surface area (Å²) >= 11 is 5.96. The Bertz CT molecular complexity index is 532. The number of hydrogen-bond donors (Lipinski definition) is 1. The molecule has 128 valence electrons. The summed E-state index contributed by atoms with van der Waals surface area (Å²) in [5, 5.41) is 3.56. The third kappa shape index (κ3) is 6.59. The van der Waals surface area contributed by atoms with Crippen molar-refractivity contribution in [3.05, 3.63) is 34.9 Å². The van der Waals surface area contributed by atoms with Crippen molar-refractivity contribution >= 4 is 23.4 Å². The van der Waals surface area contributed by atoms with Crippen molar-refractivity contribution in [2.45, 2.75) is 26.8 Å². The minimum Gasteiger partial charge on any atom is -0.348 e. The number of amides is 2. The van der Waals surface area contributed by atoms with Crippen LogP contribution in [-0.2, 0) is 9.59 Å². The van der Waals surface area contributed by atoms with Crippen LogP contribution in [0.2, 0.25) is 5.02 Å². The van der Waals surface area contributed by atoms with Crippen LogP contribution in [0.3, 0.4) is 0 Å². The molecule has 0 fully saturated rings. The van der Waals surface area contributed by atoms with Gasteiger partial charge in [-0.1, -0.05) is 23.7 Å². The molecular weight excluding hydrogens is 314 g/mol. The zero-order valence-corrected chi connectivity index (χ0v) is 15.1. The van der Waals surface area contributed by atoms with Crippen LogP contribution in [0.5, 0.6) is 0 Å². The summed E-state index contributed by atoms with van der Waals surface area (Å²) in [4.78, 5) is 27.6. The highest BCUT2D eigenvalue weighted by Gasteiger charge is 2.16. The quantitative estimate of drug-likeness (QED) is 0.790. The minimum absolute atomic E-state index is 0.0354. The molecule has 1 rings (SSSR count). The largest absolute Gasteiger partial charge is 0.348 e. The Kier molecular flexibility index (Phi) is 8.06. The number of likely N-dealkylation sites (N-methyl/N-ethyl adjacent to an activating group) is 2. The number of hydrogen-bond acceptors (Lipinski definition) is 3. The van der Waals surface area contributed by atoms with Crippen LogP contribution in [0.15, 0.2) is 24.3 Å². The first-order valence-electron chi connectivity index (χ1n) is 7.88. The Morgan fingerprint density at radius 2 is 1.87 bits per heavy atom. The predicted octanol–water partition coefficient (Wildman–Crippen LogP) is 2.32. The highest BCUT2D eigenvalue weighted by Crippen LogP contribution is 2.17. The van der Waals surface area contributed by atoms with Crippen molar-refractivity contribution in [2.24, 2.45) is 0 Å². The Balaban J connectivity index is 2.48. The third-order valence-electron chi connectivity index (χ3n) is 3.66. The number of carbonyl (C=O) groups is 2. The van der Waals surface area contributed by atoms with E-state index in [-0.39, 0.29) is 30.9 Å². The zero-order chi connectivity index (χ0) is 17.4. The lowest BCUT2D eigenvalue weighted by Crippen LogP contribution is -2.43. The molecule has 0 saturated carbocycles. The topological polar surface area (TPSA) is 52.7 Å². The summed E-state index contributed by atoms with van der Waals surface area (Å²) in [7, 11) is 1.77. The maximum atomic E-state index is 12.1. The van der Waals surface area contributed by atoms with Crippen molar-refractivity contribution < 1.29 is 9.59 Å². The van der Waals surface area contributed by atoms with Crippen LogP contribution >= 0.6 is 11.6 Å². The van der Waals surface area contributed by atoms with Crippen LogP contribution in [0, 0.1) is 0 Å². The van der Waals surface area contributed by atoms with Crippen molar-refractivity contribution in [3.8, 4) is 0 Å². The summed E-state index contributed by atoms with van der Waals surface area (Å²) in [5.41, 5.74) is 0.952. The van der Waals surface area contributed by atoms with E-state index in [1.54, 1.807) is 22.9 Å². The summed E-state index contributed by atoms with van der Waals surface area (Å²) in [5.74, 6) is -0.0829. The third-order valence-corrected chi connectivity index (χ3v) is 3.90. The average molecular weight is 340 g/mol. The molecule has 1 N–H and O–H groups in total. The standard InChI is InChI=1S/C17H26ClN3O2/c1-5-21(6-2)17(23)12-20(4)11-16(22)19-13(3)14-8-7-9-15(18)10-14/h7-10,13H,5-6,11-12H2,1-4H3,(H,19,22). The number of benzene rings is 1. The van der Waals surface area contributed by atoms with Crippen LogP contribution in [0.1, 0.15) is 32.4 Å². The smallest absolute Gasteiger partial charge is 0.236 e. The number of halogens is 1. The second-order valence-corrected chi connectivity index (χ2v) is 6.02. The van der Waals surface area contributed by atoms with Gasteiger partial charge in [0, 0.05) is 18.1 Å². The molecule has 0 aliphatic rings. The molecule has 0 radical (unpaired) electrons. The molecule has 0 heterocycles. The SMILES string of the molecule is CCN(CC)C(=O)CN(C)CC(=O)NC(C)c1cccc(Cl)c1. The lowest BCUT2D eigenvalue weighted by molar-refractivity contribution is -0.132. The molecule has 1 aromatic carbocycles. The number of carbonyl (C=O) groups excluding carboxylic acids is 2. The van der Waals surface area contributed by atoms with Crippen molar-refractivity contribution in [1.29, 1.82) is 0 Å². The molecular formula is C17H26ClN3O2. The molecule has 0 saturated heterocycles. The highest BCUT2D eigenvalue weighted by molar-refractivity contribution is 6.30. The fourth-order valence-corrected chi connectivity index (χ4v) is 2.55. The number of nitrogens with one attached hydrogen (secondary N) is 1. The van der Waals surface area contributed by atoms with Crippen molar-refractivity contribution in [3.63, 3.8) is 0 Å². The molecule has 0 bridgehead atoms. The normalized spacial score (nSPS) is 12.1. The lowest BCUT2D eigenvalue weighted by Gasteiger charge is -2.23. The number of rotatable bonds is 8. The van der Waals surface area contributed by atoms with E-state index in [0.717, 1.165) is 5.56 Å². The molecule has 5 nitrogen and oxygen atoms in total. The van der Waals surface area contributed by atoms with Gasteiger partial charge in [0.25, 0.3) is 0 Å². The van der Waals surface area contributed by atoms with Gasteiger partial charge in [0.15, 0.2) is 0 Å². The highest BCUT2D eigenvalue weighted by atomic mass is 35.5. The van der Waals surface area contributed by atoms with Gasteiger partial charge in [0.2, 0.25) is 11.8 Å². The van der Waals surface area contributed by atoms with E-state index in [1.165, 1.54) is 0 Å². The molecule has 2 amide bonds. The van der Waals surface area contributed by atoms with Crippen LogP contribution in [0.4, 0.5) is 0 Å². The first-order chi connectivity index (χ1) is 10.9. The Hall–Kier alpha value is -1.59. The van der Waals surface area contributed by atoms with E-state index in [9.17, 15) is 9.59 Å². The van der Waals surface area contributed by atoms with Crippen molar-refractivity contribution in [2.75, 3.05) is 33.2 Å². The summed E-state index contributed by atoms with van der Waals surface area (Å²) in [6.07, 6.45) is 0. The van der Waals surface area contributed by atoms with E-state index in [1.807, 2.05) is 39.0 Å². The van der Waals surface area contributed by atoms with Gasteiger partial charge in [0.05, 0.1) is 19.1 Å². The van der Waals surface area contributed by atoms with Gasteiger partial charge in [-0.3, -0.25) is 14.5 Å². The Morgan fingerprint density at radius 1 is 1.22 bits per heavy atom. The van der Waals surface area contributed by atoms with Gasteiger partial charge in [0.1, 0.15) is 0 Å². The zero-order valence-electron chi connectivity index (χ0n) is 14.3. The maximum Gasteiger partial charge on any atom is 0.236 e. The van der Waals surface area contributed by atoms with Gasteiger partial charge in [-0.2, -0.15) is 0 Å². The van der Waals surface area contributed by atoms with Crippen LogP contribution < -0.4 is 5.32 Å². The maximum absolute atomic E-state index is 12.1. The molecule has 1 unspecified atom stereocenters. The molecule has 1 atom stereocenters. The molecule has 0 aromatic heterocycles. The first kappa shape index (κ1) is 19.5. The van der Waals surface area contributed by atoms with Crippen LogP contribution in [0.25, 0.3) is 0 Å². The van der Waals surface area contributed by atoms with Crippen LogP contribution in [-0.4, -0.2) is 54.8 Å². The predicted molar refractivity (Wildman–Crippen MR) is 93.4 cm³/mol. The van der Waals surface area contributed by atoms with E-state index >= 15 is 0 Å². The second-order valence-electron chi connectivity index (χ2n) is 5.58. The molecule has 0 aliphatic carbocycles. The van der Waals surface area contributed by atoms with E-state index in [0.29, 0.717) is 18.1 Å². The second kappa shape index (κ2) is 9.53. The van der Waals surface area contributed by atoms with Gasteiger partial charge in [-0.05, 0) is 45.5 Å². The van der Waals surface area contributed by atoms with Gasteiger partial charge in [-0.25, -0.2) is 0 Å². The minimum atomic E-state index is -0.131. The summed E-state index contributed by atoms with van der Waals surface area (Å²) in [6, 6.07) is 7.28. The number of nitrogens with zero attached hydrogens (tertiary/aromatic N) is 2. The molecule has 1 aromatic rings. The molecule has 0 spiro atoms. The van der Waals surface area contributed by atoms with Crippen molar-refractivity contribution in [1.82, 2.24) is 15.1 Å². The molecule has 6 heteroatoms. The van der Waals surface area contributed by atoms with Gasteiger partial charge in [-0.15, -0.1) is 0 Å². The Labute approximate surface area is 143 Å². The summed E-state index contributed by atoms with van der Waals surface area (Å²) < 4.78 is 0. The average Bonchev–Trinajstić information content (AvgIpc) is 2.47. The van der Waals surface area contributed by atoms with E-state index in [4.69, 9.17) is 11.6 Å². The Morgan fingerprint density at radius 3 is 2.43 bits per heavy atom. The molecule has 23 heavy (non-hydrogen) atoms. The molecule has 0 aliphatic heterocycles. The fraction of sp³-hybridized carbons (Fsp3) is 0.529. The first-order valence-corrected chi connectivity index (χ1v) is 8.26. The summed E-state index contributed by atoms with van der Waals surface area (Å²) in [6.45, 7) is 7.58. The van der Waals surface area contributed by atoms with Gasteiger partial charge < -0.3 is 10.2 Å².